The van der Waals surface area contributed by atoms with E-state index in [4.69, 9.17) is 11.6 Å². The van der Waals surface area contributed by atoms with Gasteiger partial charge in [-0.25, -0.2) is 0 Å². The lowest BCUT2D eigenvalue weighted by molar-refractivity contribution is -0.116. The number of benzene rings is 3. The van der Waals surface area contributed by atoms with E-state index in [1.165, 1.54) is 11.8 Å². The molecule has 190 valence electrons. The van der Waals surface area contributed by atoms with Gasteiger partial charge in [0.15, 0.2) is 5.16 Å². The maximum atomic E-state index is 13.8. The topological polar surface area (TPSA) is 51.0 Å². The summed E-state index contributed by atoms with van der Waals surface area (Å²) in [6.45, 7) is 0.601. The zero-order chi connectivity index (χ0) is 25.9. The lowest BCUT2D eigenvalue weighted by atomic mass is 10.0. The van der Waals surface area contributed by atoms with E-state index in [2.05, 4.69) is 51.2 Å². The summed E-state index contributed by atoms with van der Waals surface area (Å²) in [5.74, 6) is 1.19. The molecule has 2 aliphatic rings. The van der Waals surface area contributed by atoms with E-state index < -0.39 is 0 Å². The summed E-state index contributed by atoms with van der Waals surface area (Å²) in [7, 11) is 0. The number of hydrogen-bond acceptors (Lipinski definition) is 5. The molecule has 5 nitrogen and oxygen atoms in total. The molecule has 0 spiro atoms. The summed E-state index contributed by atoms with van der Waals surface area (Å²) in [6.07, 6.45) is 9.05. The van der Waals surface area contributed by atoms with Gasteiger partial charge in [0.25, 0.3) is 0 Å². The minimum atomic E-state index is -0.00595. The van der Waals surface area contributed by atoms with Crippen LogP contribution in [0.15, 0.2) is 113 Å². The Hall–Kier alpha value is -3.26. The molecule has 0 fully saturated rings. The average Bonchev–Trinajstić information content (AvgIpc) is 3.32. The summed E-state index contributed by atoms with van der Waals surface area (Å²) >= 11 is 9.37. The molecule has 3 aromatic carbocycles. The largest absolute Gasteiger partial charge is 0.302 e. The SMILES string of the molecule is O=C(CSc1nnc(Cc2ccccc2)n1Cc1ccc(Cl)cc1)N1c2ccccc2S[C@H]2C=CC=C[C@H]21. The van der Waals surface area contributed by atoms with Crippen molar-refractivity contribution in [3.05, 3.63) is 125 Å². The molecule has 6 rings (SSSR count). The number of rotatable bonds is 7. The maximum absolute atomic E-state index is 13.8. The first kappa shape index (κ1) is 25.0. The Morgan fingerprint density at radius 2 is 1.66 bits per heavy atom. The Morgan fingerprint density at radius 1 is 0.895 bits per heavy atom. The summed E-state index contributed by atoms with van der Waals surface area (Å²) in [5.41, 5.74) is 3.23. The summed E-state index contributed by atoms with van der Waals surface area (Å²) < 4.78 is 2.11. The van der Waals surface area contributed by atoms with Crippen molar-refractivity contribution in [2.75, 3.05) is 10.7 Å². The van der Waals surface area contributed by atoms with Crippen LogP contribution in [0, 0.1) is 0 Å². The number of halogens is 1. The van der Waals surface area contributed by atoms with E-state index in [1.54, 1.807) is 0 Å². The van der Waals surface area contributed by atoms with Crippen LogP contribution in [0.25, 0.3) is 0 Å². The molecule has 1 aromatic heterocycles. The first-order valence-electron chi connectivity index (χ1n) is 12.4. The van der Waals surface area contributed by atoms with Gasteiger partial charge in [-0.1, -0.05) is 102 Å². The fourth-order valence-electron chi connectivity index (χ4n) is 4.74. The highest BCUT2D eigenvalue weighted by Crippen LogP contribution is 2.43. The fourth-order valence-corrected chi connectivity index (χ4v) is 6.94. The number of aromatic nitrogens is 3. The zero-order valence-corrected chi connectivity index (χ0v) is 22.9. The maximum Gasteiger partial charge on any atom is 0.238 e. The van der Waals surface area contributed by atoms with Gasteiger partial charge in [0.05, 0.1) is 29.3 Å². The lowest BCUT2D eigenvalue weighted by Crippen LogP contribution is -2.48. The third-order valence-electron chi connectivity index (χ3n) is 6.59. The number of thioether (sulfide) groups is 2. The van der Waals surface area contributed by atoms with Crippen LogP contribution in [-0.2, 0) is 17.8 Å². The van der Waals surface area contributed by atoms with E-state index in [-0.39, 0.29) is 23.0 Å². The molecule has 0 bridgehead atoms. The van der Waals surface area contributed by atoms with Gasteiger partial charge in [0.1, 0.15) is 5.82 Å². The number of hydrogen-bond donors (Lipinski definition) is 0. The molecule has 8 heteroatoms. The van der Waals surface area contributed by atoms with Gasteiger partial charge in [-0.3, -0.25) is 4.79 Å². The van der Waals surface area contributed by atoms with Crippen molar-refractivity contribution in [2.24, 2.45) is 0 Å². The van der Waals surface area contributed by atoms with Gasteiger partial charge in [-0.05, 0) is 35.4 Å². The van der Waals surface area contributed by atoms with Gasteiger partial charge < -0.3 is 9.47 Å². The average molecular weight is 557 g/mol. The van der Waals surface area contributed by atoms with Crippen molar-refractivity contribution < 1.29 is 4.79 Å². The molecule has 4 aromatic rings. The molecular formula is C30H25ClN4OS2. The normalized spacial score (nSPS) is 17.8. The molecule has 1 amide bonds. The zero-order valence-electron chi connectivity index (χ0n) is 20.5. The van der Waals surface area contributed by atoms with Crippen molar-refractivity contribution in [1.29, 1.82) is 0 Å². The van der Waals surface area contributed by atoms with E-state index in [0.29, 0.717) is 18.0 Å². The predicted molar refractivity (Wildman–Crippen MR) is 156 cm³/mol. The summed E-state index contributed by atoms with van der Waals surface area (Å²) in [6, 6.07) is 26.2. The second-order valence-electron chi connectivity index (χ2n) is 9.14. The van der Waals surface area contributed by atoms with Crippen LogP contribution < -0.4 is 4.90 Å². The Labute approximate surface area is 235 Å². The van der Waals surface area contributed by atoms with Crippen LogP contribution in [-0.4, -0.2) is 37.7 Å². The van der Waals surface area contributed by atoms with Gasteiger partial charge >= 0.3 is 0 Å². The van der Waals surface area contributed by atoms with E-state index in [1.807, 2.05) is 83.4 Å². The van der Waals surface area contributed by atoms with Crippen LogP contribution in [0.1, 0.15) is 17.0 Å². The quantitative estimate of drug-likeness (QED) is 0.238. The molecule has 2 atom stereocenters. The second kappa shape index (κ2) is 11.2. The summed E-state index contributed by atoms with van der Waals surface area (Å²) in [5, 5.41) is 10.7. The minimum absolute atomic E-state index is 0.00595. The predicted octanol–water partition coefficient (Wildman–Crippen LogP) is 6.66. The van der Waals surface area contributed by atoms with E-state index in [0.717, 1.165) is 32.7 Å². The molecule has 1 aliphatic heterocycles. The van der Waals surface area contributed by atoms with Crippen LogP contribution in [0.4, 0.5) is 5.69 Å². The Kier molecular flexibility index (Phi) is 7.40. The van der Waals surface area contributed by atoms with Gasteiger partial charge in [0.2, 0.25) is 5.91 Å². The molecule has 38 heavy (non-hydrogen) atoms. The number of allylic oxidation sites excluding steroid dienone is 2. The first-order chi connectivity index (χ1) is 18.7. The van der Waals surface area contributed by atoms with Crippen LogP contribution in [0.3, 0.4) is 0 Å². The highest BCUT2D eigenvalue weighted by molar-refractivity contribution is 8.00. The monoisotopic (exact) mass is 556 g/mol. The number of nitrogens with zero attached hydrogens (tertiary/aromatic N) is 4. The number of para-hydroxylation sites is 1. The Balaban J connectivity index is 1.26. The Morgan fingerprint density at radius 3 is 2.50 bits per heavy atom. The smallest absolute Gasteiger partial charge is 0.238 e. The lowest BCUT2D eigenvalue weighted by Gasteiger charge is -2.40. The third-order valence-corrected chi connectivity index (χ3v) is 9.10. The van der Waals surface area contributed by atoms with Crippen molar-refractivity contribution in [3.63, 3.8) is 0 Å². The van der Waals surface area contributed by atoms with E-state index in [9.17, 15) is 4.79 Å². The molecular weight excluding hydrogens is 532 g/mol. The molecule has 0 unspecified atom stereocenters. The number of carbonyl (C=O) groups excluding carboxylic acids is 1. The van der Waals surface area contributed by atoms with Crippen molar-refractivity contribution >= 4 is 46.7 Å². The van der Waals surface area contributed by atoms with Crippen molar-refractivity contribution in [2.45, 2.75) is 34.3 Å². The Bertz CT molecular complexity index is 1500. The third kappa shape index (κ3) is 5.32. The van der Waals surface area contributed by atoms with Gasteiger partial charge in [0, 0.05) is 16.3 Å². The molecule has 1 aliphatic carbocycles. The highest BCUT2D eigenvalue weighted by atomic mass is 35.5. The summed E-state index contributed by atoms with van der Waals surface area (Å²) in [4.78, 5) is 16.8. The van der Waals surface area contributed by atoms with Crippen LogP contribution >= 0.6 is 35.1 Å². The number of amides is 1. The first-order valence-corrected chi connectivity index (χ1v) is 14.7. The number of anilines is 1. The molecule has 0 saturated heterocycles. The molecule has 0 N–H and O–H groups in total. The number of carbonyl (C=O) groups is 1. The minimum Gasteiger partial charge on any atom is -0.302 e. The standard InChI is InChI=1S/C30H25ClN4OS2/c31-23-16-14-22(15-17-23)19-34-28(18-21-8-2-1-3-9-21)32-33-30(34)37-20-29(36)35-24-10-4-6-12-26(24)38-27-13-7-5-11-25(27)35/h1-17,24,26H,18-20H2/t24-,26+/m1/s1. The molecule has 0 saturated carbocycles. The van der Waals surface area contributed by atoms with Gasteiger partial charge in [-0.15, -0.1) is 22.0 Å². The van der Waals surface area contributed by atoms with Crippen LogP contribution in [0.2, 0.25) is 5.02 Å². The fraction of sp³-hybridized carbons (Fsp3) is 0.167. The van der Waals surface area contributed by atoms with Gasteiger partial charge in [-0.2, -0.15) is 0 Å². The second-order valence-corrected chi connectivity index (χ2v) is 11.7. The van der Waals surface area contributed by atoms with Crippen molar-refractivity contribution in [1.82, 2.24) is 14.8 Å². The van der Waals surface area contributed by atoms with Crippen molar-refractivity contribution in [3.8, 4) is 0 Å². The van der Waals surface area contributed by atoms with Crippen LogP contribution in [0.5, 0.6) is 0 Å². The molecule has 2 heterocycles. The molecule has 0 radical (unpaired) electrons. The number of fused-ring (bicyclic) bond motifs is 2. The highest BCUT2D eigenvalue weighted by Gasteiger charge is 2.36. The van der Waals surface area contributed by atoms with E-state index >= 15 is 0 Å².